The Morgan fingerprint density at radius 1 is 1.00 bits per heavy atom. The molecule has 2 aromatic carbocycles. The molecule has 0 radical (unpaired) electrons. The zero-order valence-corrected chi connectivity index (χ0v) is 32.1. The van der Waals surface area contributed by atoms with Crippen molar-refractivity contribution < 1.29 is 24.0 Å². The van der Waals surface area contributed by atoms with E-state index in [0.717, 1.165) is 32.3 Å². The average Bonchev–Trinajstić information content (AvgIpc) is 3.78. The van der Waals surface area contributed by atoms with Gasteiger partial charge < -0.3 is 15.1 Å². The van der Waals surface area contributed by atoms with Gasteiger partial charge in [-0.25, -0.2) is 5.01 Å². The van der Waals surface area contributed by atoms with E-state index in [1.807, 2.05) is 46.8 Å². The van der Waals surface area contributed by atoms with Gasteiger partial charge in [-0.2, -0.15) is 0 Å². The van der Waals surface area contributed by atoms with Crippen molar-refractivity contribution in [2.45, 2.75) is 58.7 Å². The zero-order chi connectivity index (χ0) is 38.5. The van der Waals surface area contributed by atoms with E-state index in [4.69, 9.17) is 16.6 Å². The molecule has 0 bridgehead atoms. The number of benzene rings is 2. The van der Waals surface area contributed by atoms with E-state index in [2.05, 4.69) is 40.1 Å². The second kappa shape index (κ2) is 14.7. The molecule has 284 valence electrons. The number of halogens is 1. The highest BCUT2D eigenvalue weighted by molar-refractivity contribution is 7.15. The van der Waals surface area contributed by atoms with Gasteiger partial charge in [0.1, 0.15) is 22.9 Å². The van der Waals surface area contributed by atoms with Crippen LogP contribution in [-0.4, -0.2) is 104 Å². The number of rotatable bonds is 8. The summed E-state index contributed by atoms with van der Waals surface area (Å²) < 4.78 is 2.01. The molecule has 2 fully saturated rings. The number of hydrogen-bond acceptors (Lipinski definition) is 11. The number of piperidine rings is 1. The number of nitrogens with zero attached hydrogens (tertiary/aromatic N) is 7. The first kappa shape index (κ1) is 36.5. The number of hydrogen-bond donors (Lipinski definition) is 3. The molecule has 1 unspecified atom stereocenters. The second-order valence-electron chi connectivity index (χ2n) is 14.1. The van der Waals surface area contributed by atoms with Crippen LogP contribution in [-0.2, 0) is 25.7 Å². The highest BCUT2D eigenvalue weighted by atomic mass is 35.5. The van der Waals surface area contributed by atoms with Crippen LogP contribution in [0, 0.1) is 20.8 Å². The predicted octanol–water partition coefficient (Wildman–Crippen LogP) is 3.24. The quantitative estimate of drug-likeness (QED) is 0.227. The summed E-state index contributed by atoms with van der Waals surface area (Å²) in [5, 5.41) is 17.8. The van der Waals surface area contributed by atoms with E-state index in [1.165, 1.54) is 4.90 Å². The first-order valence-corrected chi connectivity index (χ1v) is 19.3. The van der Waals surface area contributed by atoms with Crippen LogP contribution in [0.25, 0.3) is 5.00 Å². The van der Waals surface area contributed by atoms with Crippen LogP contribution >= 0.6 is 22.9 Å². The van der Waals surface area contributed by atoms with Crippen molar-refractivity contribution in [1.82, 2.24) is 40.3 Å². The third kappa shape index (κ3) is 6.89. The Labute approximate surface area is 325 Å². The zero-order valence-electron chi connectivity index (χ0n) is 30.5. The fraction of sp³-hybridized carbons (Fsp3) is 0.368. The number of aliphatic imine (C=N–C) groups is 1. The van der Waals surface area contributed by atoms with Crippen molar-refractivity contribution in [2.24, 2.45) is 4.99 Å². The fourth-order valence-corrected chi connectivity index (χ4v) is 8.97. The number of anilines is 1. The molecule has 8 rings (SSSR count). The molecule has 5 amide bonds. The third-order valence-corrected chi connectivity index (χ3v) is 12.1. The molecule has 4 aliphatic heterocycles. The number of aromatic nitrogens is 3. The lowest BCUT2D eigenvalue weighted by Gasteiger charge is -2.35. The molecule has 0 spiro atoms. The number of carbonyl (C=O) groups is 5. The molecule has 4 aliphatic rings. The van der Waals surface area contributed by atoms with Gasteiger partial charge in [-0.3, -0.25) is 44.3 Å². The summed E-state index contributed by atoms with van der Waals surface area (Å²) >= 11 is 7.89. The minimum absolute atomic E-state index is 0.00956. The number of amides is 5. The maximum absolute atomic E-state index is 13.6. The van der Waals surface area contributed by atoms with Crippen molar-refractivity contribution in [1.29, 1.82) is 0 Å². The van der Waals surface area contributed by atoms with Gasteiger partial charge in [0.2, 0.25) is 23.6 Å². The maximum atomic E-state index is 13.6. The number of aryl methyl sites for hydroxylation is 2. The molecule has 3 N–H and O–H groups in total. The van der Waals surface area contributed by atoms with E-state index in [-0.39, 0.29) is 56.0 Å². The molecular weight excluding hydrogens is 744 g/mol. The second-order valence-corrected chi connectivity index (χ2v) is 15.7. The van der Waals surface area contributed by atoms with Crippen LogP contribution in [0.2, 0.25) is 5.02 Å². The van der Waals surface area contributed by atoms with Crippen molar-refractivity contribution in [3.63, 3.8) is 0 Å². The number of carbonyl (C=O) groups excluding carboxylic acids is 5. The number of fused-ring (bicyclic) bond motifs is 4. The number of imide groups is 1. The van der Waals surface area contributed by atoms with Crippen LogP contribution in [0.3, 0.4) is 0 Å². The summed E-state index contributed by atoms with van der Waals surface area (Å²) in [5.74, 6) is -0.124. The smallest absolute Gasteiger partial charge is 0.255 e. The largest absolute Gasteiger partial charge is 0.376 e. The number of thiophene rings is 1. The molecule has 0 saturated carbocycles. The molecule has 6 heterocycles. The molecule has 2 aromatic heterocycles. The summed E-state index contributed by atoms with van der Waals surface area (Å²) in [7, 11) is 0. The Kier molecular flexibility index (Phi) is 9.73. The van der Waals surface area contributed by atoms with Gasteiger partial charge in [0.25, 0.3) is 5.91 Å². The highest BCUT2D eigenvalue weighted by Gasteiger charge is 2.40. The van der Waals surface area contributed by atoms with Crippen LogP contribution in [0.15, 0.2) is 47.5 Å². The van der Waals surface area contributed by atoms with Crippen molar-refractivity contribution in [3.8, 4) is 5.00 Å². The Balaban J connectivity index is 0.894. The first-order chi connectivity index (χ1) is 26.5. The fourth-order valence-electron chi connectivity index (χ4n) is 7.63. The predicted molar refractivity (Wildman–Crippen MR) is 205 cm³/mol. The van der Waals surface area contributed by atoms with E-state index in [1.54, 1.807) is 28.4 Å². The Morgan fingerprint density at radius 3 is 2.51 bits per heavy atom. The topological polar surface area (TPSA) is 174 Å². The van der Waals surface area contributed by atoms with Gasteiger partial charge in [-0.05, 0) is 57.0 Å². The standard InChI is InChI=1S/C38H39ClN10O5S/c1-20-21(2)55-38-33(20)34(23-7-9-24(39)10-8-23)41-28(35-44-43-22(3)49(35)38)17-31(51)45-47-15-13-46(14-16-47)32(52)18-40-27-6-4-5-25-26(27)19-48(37(25)54)29-11-12-30(50)42-36(29)53/h4-10,28-29,40H,11-19H2,1-3H3,(H,45,51)(H,42,50,53)/t28-,29?/m0/s1. The molecule has 2 saturated heterocycles. The van der Waals surface area contributed by atoms with Crippen molar-refractivity contribution in [3.05, 3.63) is 91.8 Å². The molecule has 15 nitrogen and oxygen atoms in total. The summed E-state index contributed by atoms with van der Waals surface area (Å²) in [4.78, 5) is 73.8. The normalized spacial score (nSPS) is 19.6. The Morgan fingerprint density at radius 2 is 1.76 bits per heavy atom. The van der Waals surface area contributed by atoms with E-state index in [0.29, 0.717) is 59.7 Å². The van der Waals surface area contributed by atoms with Crippen LogP contribution < -0.4 is 16.1 Å². The third-order valence-electron chi connectivity index (χ3n) is 10.7. The molecule has 2 atom stereocenters. The lowest BCUT2D eigenvalue weighted by molar-refractivity contribution is -0.137. The number of hydrazine groups is 1. The number of piperazine rings is 1. The van der Waals surface area contributed by atoms with Gasteiger partial charge in [0, 0.05) is 77.0 Å². The summed E-state index contributed by atoms with van der Waals surface area (Å²) in [6.45, 7) is 7.96. The van der Waals surface area contributed by atoms with Crippen molar-refractivity contribution >= 4 is 63.9 Å². The minimum Gasteiger partial charge on any atom is -0.376 e. The van der Waals surface area contributed by atoms with Crippen LogP contribution in [0.5, 0.6) is 0 Å². The lowest BCUT2D eigenvalue weighted by atomic mass is 9.99. The first-order valence-electron chi connectivity index (χ1n) is 18.2. The minimum atomic E-state index is -0.720. The van der Waals surface area contributed by atoms with Crippen LogP contribution in [0.4, 0.5) is 5.69 Å². The Bertz CT molecular complexity index is 2280. The van der Waals surface area contributed by atoms with Crippen molar-refractivity contribution in [2.75, 3.05) is 38.0 Å². The Hall–Kier alpha value is -5.45. The van der Waals surface area contributed by atoms with Gasteiger partial charge in [0.15, 0.2) is 5.82 Å². The monoisotopic (exact) mass is 782 g/mol. The summed E-state index contributed by atoms with van der Waals surface area (Å²) in [6.07, 6.45) is 0.486. The molecule has 55 heavy (non-hydrogen) atoms. The molecular formula is C38H39ClN10O5S. The average molecular weight is 783 g/mol. The van der Waals surface area contributed by atoms with E-state index >= 15 is 0 Å². The van der Waals surface area contributed by atoms with Gasteiger partial charge in [-0.15, -0.1) is 21.5 Å². The molecule has 17 heteroatoms. The van der Waals surface area contributed by atoms with Gasteiger partial charge in [-0.1, -0.05) is 29.8 Å². The lowest BCUT2D eigenvalue weighted by Crippen LogP contribution is -2.55. The summed E-state index contributed by atoms with van der Waals surface area (Å²) in [6, 6.07) is 11.5. The molecule has 4 aromatic rings. The SMILES string of the molecule is Cc1sc2c(c1C)C(c1ccc(Cl)cc1)=N[C@@H](CC(=O)NN1CCN(C(=O)CNc3cccc4c3CN(C3CCC(=O)NC3=O)C4=O)CC1)c1nnc(C)n1-2. The highest BCUT2D eigenvalue weighted by Crippen LogP contribution is 2.40. The van der Waals surface area contributed by atoms with E-state index < -0.39 is 18.0 Å². The maximum Gasteiger partial charge on any atom is 0.255 e. The van der Waals surface area contributed by atoms with E-state index in [9.17, 15) is 24.0 Å². The summed E-state index contributed by atoms with van der Waals surface area (Å²) in [5.41, 5.74) is 8.62. The van der Waals surface area contributed by atoms with Gasteiger partial charge in [0.05, 0.1) is 18.7 Å². The molecule has 0 aliphatic carbocycles. The van der Waals surface area contributed by atoms with Gasteiger partial charge >= 0.3 is 0 Å². The van der Waals surface area contributed by atoms with Crippen LogP contribution in [0.1, 0.15) is 74.4 Å². The number of nitrogens with one attached hydrogen (secondary N) is 3.